The topological polar surface area (TPSA) is 40.6 Å². The number of piperidine rings is 1. The molecule has 0 bridgehead atoms. The van der Waals surface area contributed by atoms with Crippen molar-refractivity contribution < 1.29 is 9.59 Å². The van der Waals surface area contributed by atoms with E-state index in [0.29, 0.717) is 24.8 Å². The van der Waals surface area contributed by atoms with E-state index in [-0.39, 0.29) is 17.2 Å². The Balaban J connectivity index is 1.36. The molecule has 0 aromatic heterocycles. The highest BCUT2D eigenvalue weighted by atomic mass is 16.2. The molecule has 134 valence electrons. The van der Waals surface area contributed by atoms with E-state index in [4.69, 9.17) is 0 Å². The largest absolute Gasteiger partial charge is 0.342 e. The van der Waals surface area contributed by atoms with Gasteiger partial charge in [0.1, 0.15) is 0 Å². The first-order valence-electron chi connectivity index (χ1n) is 9.58. The van der Waals surface area contributed by atoms with Gasteiger partial charge in [0.25, 0.3) is 0 Å². The molecule has 0 radical (unpaired) electrons. The van der Waals surface area contributed by atoms with Gasteiger partial charge in [-0.05, 0) is 37.7 Å². The van der Waals surface area contributed by atoms with Crippen LogP contribution in [0.4, 0.5) is 0 Å². The van der Waals surface area contributed by atoms with E-state index in [2.05, 4.69) is 38.1 Å². The minimum absolute atomic E-state index is 0.0901. The maximum absolute atomic E-state index is 12.6. The summed E-state index contributed by atoms with van der Waals surface area (Å²) >= 11 is 0. The van der Waals surface area contributed by atoms with E-state index in [1.165, 1.54) is 11.1 Å². The van der Waals surface area contributed by atoms with E-state index < -0.39 is 0 Å². The van der Waals surface area contributed by atoms with Crippen molar-refractivity contribution in [2.24, 2.45) is 17.3 Å². The lowest BCUT2D eigenvalue weighted by atomic mass is 9.77. The number of benzene rings is 1. The molecule has 2 unspecified atom stereocenters. The van der Waals surface area contributed by atoms with Crippen LogP contribution in [0.5, 0.6) is 0 Å². The van der Waals surface area contributed by atoms with Crippen molar-refractivity contribution in [1.82, 2.24) is 9.80 Å². The number of hydrogen-bond acceptors (Lipinski definition) is 2. The van der Waals surface area contributed by atoms with Crippen molar-refractivity contribution >= 4 is 11.8 Å². The molecular weight excluding hydrogens is 312 g/mol. The summed E-state index contributed by atoms with van der Waals surface area (Å²) in [7, 11) is 0. The average molecular weight is 340 g/mol. The van der Waals surface area contributed by atoms with Gasteiger partial charge in [0.05, 0.1) is 0 Å². The summed E-state index contributed by atoms with van der Waals surface area (Å²) in [5, 5.41) is 0. The zero-order valence-electron chi connectivity index (χ0n) is 15.3. The summed E-state index contributed by atoms with van der Waals surface area (Å²) in [6, 6.07) is 8.41. The second kappa shape index (κ2) is 6.15. The Morgan fingerprint density at radius 1 is 1.28 bits per heavy atom. The molecule has 2 saturated heterocycles. The molecular formula is C21H28N2O2. The highest BCUT2D eigenvalue weighted by Gasteiger charge is 2.47. The lowest BCUT2D eigenvalue weighted by Gasteiger charge is -2.39. The highest BCUT2D eigenvalue weighted by molar-refractivity contribution is 5.82. The molecule has 1 aliphatic carbocycles. The van der Waals surface area contributed by atoms with Crippen molar-refractivity contribution in [2.75, 3.05) is 19.6 Å². The SMILES string of the molecule is Cc1cccc(CN2CC3(CCN(C(=O)C4CC4C)CC3)CC2=O)c1. The standard InChI is InChI=1S/C21H28N2O2/c1-15-4-3-5-17(10-15)13-23-14-21(12-19(23)24)6-8-22(9-7-21)20(25)18-11-16(18)2/h3-5,10,16,18H,6-9,11-14H2,1-2H3. The molecule has 4 heteroatoms. The van der Waals surface area contributed by atoms with Crippen LogP contribution in [0.15, 0.2) is 24.3 Å². The predicted molar refractivity (Wildman–Crippen MR) is 96.7 cm³/mol. The number of carbonyl (C=O) groups is 2. The molecule has 2 heterocycles. The van der Waals surface area contributed by atoms with Crippen LogP contribution in [0.2, 0.25) is 0 Å². The van der Waals surface area contributed by atoms with Crippen molar-refractivity contribution in [3.05, 3.63) is 35.4 Å². The quantitative estimate of drug-likeness (QED) is 0.849. The van der Waals surface area contributed by atoms with Gasteiger partial charge in [-0.1, -0.05) is 36.8 Å². The van der Waals surface area contributed by atoms with Crippen molar-refractivity contribution in [3.63, 3.8) is 0 Å². The molecule has 2 aliphatic heterocycles. The van der Waals surface area contributed by atoms with Gasteiger partial charge in [-0.2, -0.15) is 0 Å². The third-order valence-electron chi connectivity index (χ3n) is 6.42. The van der Waals surface area contributed by atoms with Gasteiger partial charge in [0, 0.05) is 43.9 Å². The lowest BCUT2D eigenvalue weighted by molar-refractivity contribution is -0.135. The Morgan fingerprint density at radius 3 is 2.64 bits per heavy atom. The van der Waals surface area contributed by atoms with Gasteiger partial charge < -0.3 is 9.80 Å². The molecule has 3 aliphatic rings. The van der Waals surface area contributed by atoms with Crippen LogP contribution in [0.3, 0.4) is 0 Å². The maximum Gasteiger partial charge on any atom is 0.225 e. The normalized spacial score (nSPS) is 27.8. The number of hydrogen-bond donors (Lipinski definition) is 0. The molecule has 0 N–H and O–H groups in total. The number of nitrogens with zero attached hydrogens (tertiary/aromatic N) is 2. The van der Waals surface area contributed by atoms with Crippen LogP contribution < -0.4 is 0 Å². The number of aryl methyl sites for hydroxylation is 1. The van der Waals surface area contributed by atoms with Gasteiger partial charge >= 0.3 is 0 Å². The summed E-state index contributed by atoms with van der Waals surface area (Å²) in [4.78, 5) is 29.1. The smallest absolute Gasteiger partial charge is 0.225 e. The third-order valence-corrected chi connectivity index (χ3v) is 6.42. The van der Waals surface area contributed by atoms with Crippen LogP contribution in [0.25, 0.3) is 0 Å². The fraction of sp³-hybridized carbons (Fsp3) is 0.619. The first-order chi connectivity index (χ1) is 12.0. The Hall–Kier alpha value is -1.84. The van der Waals surface area contributed by atoms with Crippen LogP contribution in [0, 0.1) is 24.2 Å². The van der Waals surface area contributed by atoms with Crippen LogP contribution in [-0.4, -0.2) is 41.2 Å². The van der Waals surface area contributed by atoms with Gasteiger partial charge in [0.2, 0.25) is 11.8 Å². The van der Waals surface area contributed by atoms with E-state index in [0.717, 1.165) is 38.9 Å². The monoisotopic (exact) mass is 340 g/mol. The summed E-state index contributed by atoms with van der Waals surface area (Å²) in [5.41, 5.74) is 2.54. The van der Waals surface area contributed by atoms with E-state index >= 15 is 0 Å². The summed E-state index contributed by atoms with van der Waals surface area (Å²) in [6.45, 7) is 7.46. The molecule has 3 fully saturated rings. The number of carbonyl (C=O) groups excluding carboxylic acids is 2. The molecule has 2 atom stereocenters. The Morgan fingerprint density at radius 2 is 2.00 bits per heavy atom. The Labute approximate surface area is 150 Å². The summed E-state index contributed by atoms with van der Waals surface area (Å²) < 4.78 is 0. The van der Waals surface area contributed by atoms with Gasteiger partial charge in [-0.15, -0.1) is 0 Å². The van der Waals surface area contributed by atoms with Gasteiger partial charge in [0.15, 0.2) is 0 Å². The molecule has 25 heavy (non-hydrogen) atoms. The van der Waals surface area contributed by atoms with E-state index in [9.17, 15) is 9.59 Å². The van der Waals surface area contributed by atoms with Crippen LogP contribution >= 0.6 is 0 Å². The molecule has 1 aromatic carbocycles. The molecule has 1 aromatic rings. The average Bonchev–Trinajstić information content (AvgIpc) is 3.23. The molecule has 1 spiro atoms. The van der Waals surface area contributed by atoms with Crippen molar-refractivity contribution in [3.8, 4) is 0 Å². The first kappa shape index (κ1) is 16.6. The summed E-state index contributed by atoms with van der Waals surface area (Å²) in [5.74, 6) is 1.47. The Kier molecular flexibility index (Phi) is 4.09. The van der Waals surface area contributed by atoms with Crippen LogP contribution in [0.1, 0.15) is 43.7 Å². The molecule has 4 nitrogen and oxygen atoms in total. The number of amides is 2. The highest BCUT2D eigenvalue weighted by Crippen LogP contribution is 2.44. The fourth-order valence-corrected chi connectivity index (χ4v) is 4.59. The maximum atomic E-state index is 12.6. The first-order valence-corrected chi connectivity index (χ1v) is 9.58. The van der Waals surface area contributed by atoms with Crippen molar-refractivity contribution in [1.29, 1.82) is 0 Å². The second-order valence-corrected chi connectivity index (χ2v) is 8.56. The lowest BCUT2D eigenvalue weighted by Crippen LogP contribution is -2.45. The third kappa shape index (κ3) is 3.31. The number of rotatable bonds is 3. The zero-order chi connectivity index (χ0) is 17.6. The van der Waals surface area contributed by atoms with Crippen molar-refractivity contribution in [2.45, 2.75) is 46.1 Å². The second-order valence-electron chi connectivity index (χ2n) is 8.56. The van der Waals surface area contributed by atoms with E-state index in [1.807, 2.05) is 9.80 Å². The van der Waals surface area contributed by atoms with E-state index in [1.54, 1.807) is 0 Å². The Bertz CT molecular complexity index is 691. The molecule has 2 amide bonds. The predicted octanol–water partition coefficient (Wildman–Crippen LogP) is 2.99. The van der Waals surface area contributed by atoms with Gasteiger partial charge in [-0.3, -0.25) is 9.59 Å². The minimum Gasteiger partial charge on any atom is -0.342 e. The zero-order valence-corrected chi connectivity index (χ0v) is 15.3. The minimum atomic E-state index is 0.0901. The van der Waals surface area contributed by atoms with Crippen LogP contribution in [-0.2, 0) is 16.1 Å². The summed E-state index contributed by atoms with van der Waals surface area (Å²) in [6.07, 6.45) is 3.65. The molecule has 4 rings (SSSR count). The number of likely N-dealkylation sites (tertiary alicyclic amines) is 2. The van der Waals surface area contributed by atoms with Gasteiger partial charge in [-0.25, -0.2) is 0 Å². The molecule has 1 saturated carbocycles. The fourth-order valence-electron chi connectivity index (χ4n) is 4.59.